The minimum atomic E-state index is 0.482. The summed E-state index contributed by atoms with van der Waals surface area (Å²) in [6.45, 7) is 4.55. The van der Waals surface area contributed by atoms with Crippen molar-refractivity contribution in [2.45, 2.75) is 64.8 Å². The highest BCUT2D eigenvalue weighted by Gasteiger charge is 2.25. The maximum absolute atomic E-state index is 6.31. The van der Waals surface area contributed by atoms with Crippen molar-refractivity contribution in [2.75, 3.05) is 0 Å². The van der Waals surface area contributed by atoms with Gasteiger partial charge >= 0.3 is 0 Å². The van der Waals surface area contributed by atoms with Crippen LogP contribution in [0.3, 0.4) is 0 Å². The Morgan fingerprint density at radius 3 is 2.08 bits per heavy atom. The average molecular weight is 183 g/mol. The van der Waals surface area contributed by atoms with E-state index in [9.17, 15) is 0 Å². The molecule has 0 aliphatic heterocycles. The summed E-state index contributed by atoms with van der Waals surface area (Å²) in [5, 5.41) is 0. The van der Waals surface area contributed by atoms with E-state index < -0.39 is 0 Å². The van der Waals surface area contributed by atoms with E-state index in [-0.39, 0.29) is 0 Å². The summed E-state index contributed by atoms with van der Waals surface area (Å²) in [5.74, 6) is 1.60. The first kappa shape index (κ1) is 11.0. The zero-order valence-corrected chi connectivity index (χ0v) is 9.26. The highest BCUT2D eigenvalue weighted by Crippen LogP contribution is 2.30. The molecule has 0 bridgehead atoms. The van der Waals surface area contributed by atoms with Crippen LogP contribution in [0.5, 0.6) is 0 Å². The van der Waals surface area contributed by atoms with Gasteiger partial charge in [-0.05, 0) is 24.7 Å². The molecule has 1 heteroatoms. The molecule has 1 rings (SSSR count). The maximum atomic E-state index is 6.31. The normalized spacial score (nSPS) is 22.2. The topological polar surface area (TPSA) is 26.0 Å². The standard InChI is InChI=1S/C12H25N/c1-3-10(4-2)12(13)11-8-6-5-7-9-11/h10-12H,3-9,13H2,1-2H3. The van der Waals surface area contributed by atoms with E-state index in [1.54, 1.807) is 0 Å². The summed E-state index contributed by atoms with van der Waals surface area (Å²) in [7, 11) is 0. The van der Waals surface area contributed by atoms with E-state index in [2.05, 4.69) is 13.8 Å². The van der Waals surface area contributed by atoms with Crippen molar-refractivity contribution < 1.29 is 0 Å². The summed E-state index contributed by atoms with van der Waals surface area (Å²) in [6, 6.07) is 0.482. The summed E-state index contributed by atoms with van der Waals surface area (Å²) in [6.07, 6.45) is 9.56. The Hall–Kier alpha value is -0.0400. The van der Waals surface area contributed by atoms with Crippen LogP contribution in [0.1, 0.15) is 58.8 Å². The number of nitrogens with two attached hydrogens (primary N) is 1. The SMILES string of the molecule is CCC(CC)C(N)C1CCCCC1. The fourth-order valence-corrected chi connectivity index (χ4v) is 2.74. The molecule has 0 aromatic carbocycles. The molecule has 0 heterocycles. The Kier molecular flexibility index (Phi) is 4.79. The summed E-state index contributed by atoms with van der Waals surface area (Å²) in [5.41, 5.74) is 6.31. The van der Waals surface area contributed by atoms with Crippen LogP contribution in [-0.4, -0.2) is 6.04 Å². The first-order chi connectivity index (χ1) is 6.29. The monoisotopic (exact) mass is 183 g/mol. The van der Waals surface area contributed by atoms with Crippen molar-refractivity contribution in [2.24, 2.45) is 17.6 Å². The molecule has 1 unspecified atom stereocenters. The fraction of sp³-hybridized carbons (Fsp3) is 1.00. The highest BCUT2D eigenvalue weighted by atomic mass is 14.7. The summed E-state index contributed by atoms with van der Waals surface area (Å²) >= 11 is 0. The van der Waals surface area contributed by atoms with E-state index in [4.69, 9.17) is 5.73 Å². The van der Waals surface area contributed by atoms with Crippen LogP contribution >= 0.6 is 0 Å². The van der Waals surface area contributed by atoms with Gasteiger partial charge in [-0.3, -0.25) is 0 Å². The van der Waals surface area contributed by atoms with Crippen LogP contribution < -0.4 is 5.73 Å². The summed E-state index contributed by atoms with van der Waals surface area (Å²) < 4.78 is 0. The van der Waals surface area contributed by atoms with Gasteiger partial charge in [-0.25, -0.2) is 0 Å². The Morgan fingerprint density at radius 2 is 1.62 bits per heavy atom. The smallest absolute Gasteiger partial charge is 0.00954 e. The molecule has 1 aliphatic carbocycles. The van der Waals surface area contributed by atoms with Crippen LogP contribution in [0.15, 0.2) is 0 Å². The van der Waals surface area contributed by atoms with E-state index in [1.165, 1.54) is 44.9 Å². The largest absolute Gasteiger partial charge is 0.327 e. The lowest BCUT2D eigenvalue weighted by molar-refractivity contribution is 0.235. The third-order valence-corrected chi connectivity index (χ3v) is 3.79. The van der Waals surface area contributed by atoms with E-state index >= 15 is 0 Å². The van der Waals surface area contributed by atoms with E-state index in [0.29, 0.717) is 6.04 Å². The minimum absolute atomic E-state index is 0.482. The molecule has 1 fully saturated rings. The fourth-order valence-electron chi connectivity index (χ4n) is 2.74. The van der Waals surface area contributed by atoms with Gasteiger partial charge in [0.05, 0.1) is 0 Å². The first-order valence-electron chi connectivity index (χ1n) is 6.05. The Morgan fingerprint density at radius 1 is 1.08 bits per heavy atom. The van der Waals surface area contributed by atoms with Crippen molar-refractivity contribution in [3.8, 4) is 0 Å². The van der Waals surface area contributed by atoms with Gasteiger partial charge in [-0.1, -0.05) is 46.0 Å². The van der Waals surface area contributed by atoms with Crippen molar-refractivity contribution in [1.29, 1.82) is 0 Å². The molecule has 1 atom stereocenters. The second kappa shape index (κ2) is 5.64. The third-order valence-electron chi connectivity index (χ3n) is 3.79. The average Bonchev–Trinajstić information content (AvgIpc) is 2.21. The lowest BCUT2D eigenvalue weighted by atomic mass is 9.77. The van der Waals surface area contributed by atoms with Gasteiger partial charge in [0.1, 0.15) is 0 Å². The molecule has 1 nitrogen and oxygen atoms in total. The number of hydrogen-bond acceptors (Lipinski definition) is 1. The lowest BCUT2D eigenvalue weighted by Crippen LogP contribution is -2.38. The van der Waals surface area contributed by atoms with E-state index in [0.717, 1.165) is 11.8 Å². The Labute approximate surface area is 83.1 Å². The van der Waals surface area contributed by atoms with Crippen molar-refractivity contribution in [1.82, 2.24) is 0 Å². The molecule has 13 heavy (non-hydrogen) atoms. The molecular formula is C12H25N. The number of rotatable bonds is 4. The van der Waals surface area contributed by atoms with Crippen LogP contribution in [0, 0.1) is 11.8 Å². The zero-order chi connectivity index (χ0) is 9.68. The van der Waals surface area contributed by atoms with Gasteiger partial charge in [0.2, 0.25) is 0 Å². The second-order valence-electron chi connectivity index (χ2n) is 4.55. The van der Waals surface area contributed by atoms with Gasteiger partial charge in [-0.15, -0.1) is 0 Å². The number of hydrogen-bond donors (Lipinski definition) is 1. The van der Waals surface area contributed by atoms with Gasteiger partial charge in [0.25, 0.3) is 0 Å². The molecule has 1 saturated carbocycles. The highest BCUT2D eigenvalue weighted by molar-refractivity contribution is 4.81. The van der Waals surface area contributed by atoms with Crippen molar-refractivity contribution >= 4 is 0 Å². The van der Waals surface area contributed by atoms with Crippen LogP contribution in [0.2, 0.25) is 0 Å². The molecule has 1 aliphatic rings. The quantitative estimate of drug-likeness (QED) is 0.711. The molecule has 78 valence electrons. The van der Waals surface area contributed by atoms with Crippen LogP contribution in [0.25, 0.3) is 0 Å². The lowest BCUT2D eigenvalue weighted by Gasteiger charge is -2.32. The van der Waals surface area contributed by atoms with Gasteiger partial charge in [-0.2, -0.15) is 0 Å². The van der Waals surface area contributed by atoms with E-state index in [1.807, 2.05) is 0 Å². The molecule has 0 spiro atoms. The molecule has 0 aromatic rings. The second-order valence-corrected chi connectivity index (χ2v) is 4.55. The van der Waals surface area contributed by atoms with Gasteiger partial charge in [0, 0.05) is 6.04 Å². The van der Waals surface area contributed by atoms with Crippen molar-refractivity contribution in [3.63, 3.8) is 0 Å². The predicted octanol–water partition coefficient (Wildman–Crippen LogP) is 3.33. The maximum Gasteiger partial charge on any atom is 0.00954 e. The molecular weight excluding hydrogens is 158 g/mol. The molecule has 2 N–H and O–H groups in total. The molecule has 0 aromatic heterocycles. The molecule has 0 amide bonds. The summed E-state index contributed by atoms with van der Waals surface area (Å²) in [4.78, 5) is 0. The Balaban J connectivity index is 2.38. The zero-order valence-electron chi connectivity index (χ0n) is 9.26. The van der Waals surface area contributed by atoms with Gasteiger partial charge in [0.15, 0.2) is 0 Å². The molecule has 0 saturated heterocycles. The van der Waals surface area contributed by atoms with Gasteiger partial charge < -0.3 is 5.73 Å². The van der Waals surface area contributed by atoms with Crippen LogP contribution in [-0.2, 0) is 0 Å². The Bertz CT molecular complexity index is 123. The first-order valence-corrected chi connectivity index (χ1v) is 6.05. The third kappa shape index (κ3) is 2.98. The predicted molar refractivity (Wildman–Crippen MR) is 58.6 cm³/mol. The molecule has 0 radical (unpaired) electrons. The van der Waals surface area contributed by atoms with Crippen LogP contribution in [0.4, 0.5) is 0 Å². The van der Waals surface area contributed by atoms with Crippen molar-refractivity contribution in [3.05, 3.63) is 0 Å². The minimum Gasteiger partial charge on any atom is -0.327 e.